The Balaban J connectivity index is 1.83. The molecule has 0 spiro atoms. The molecule has 1 aliphatic carbocycles. The first kappa shape index (κ1) is 13.8. The zero-order valence-corrected chi connectivity index (χ0v) is 11.7. The Morgan fingerprint density at radius 1 is 1.22 bits per heavy atom. The molecule has 0 amide bonds. The third-order valence-corrected chi connectivity index (χ3v) is 4.96. The van der Waals surface area contributed by atoms with Gasteiger partial charge in [0.25, 0.3) is 0 Å². The van der Waals surface area contributed by atoms with Gasteiger partial charge in [0.15, 0.2) is 0 Å². The van der Waals surface area contributed by atoms with Crippen molar-refractivity contribution in [1.82, 2.24) is 10.2 Å². The molecule has 2 atom stereocenters. The van der Waals surface area contributed by atoms with Crippen molar-refractivity contribution in [3.8, 4) is 6.07 Å². The number of nitriles is 1. The van der Waals surface area contributed by atoms with E-state index < -0.39 is 0 Å². The standard InChI is InChI=1S/C15H27N3/c1-17-15(13-16)9-6-7-14(15)8-12-18-10-4-2-3-5-11-18/h14,17H,2-12H2,1H3. The molecule has 3 nitrogen and oxygen atoms in total. The maximum Gasteiger partial charge on any atom is 0.109 e. The summed E-state index contributed by atoms with van der Waals surface area (Å²) in [6, 6.07) is 2.55. The van der Waals surface area contributed by atoms with E-state index in [1.807, 2.05) is 7.05 Å². The highest BCUT2D eigenvalue weighted by Crippen LogP contribution is 2.37. The van der Waals surface area contributed by atoms with E-state index in [9.17, 15) is 5.26 Å². The Bertz CT molecular complexity index is 289. The molecule has 0 bridgehead atoms. The number of likely N-dealkylation sites (tertiary alicyclic amines) is 1. The van der Waals surface area contributed by atoms with Gasteiger partial charge < -0.3 is 10.2 Å². The molecule has 3 heteroatoms. The lowest BCUT2D eigenvalue weighted by Gasteiger charge is -2.30. The molecule has 1 saturated carbocycles. The first-order valence-corrected chi connectivity index (χ1v) is 7.63. The highest BCUT2D eigenvalue weighted by Gasteiger charge is 2.41. The molecule has 1 aliphatic heterocycles. The van der Waals surface area contributed by atoms with Gasteiger partial charge in [-0.2, -0.15) is 5.26 Å². The van der Waals surface area contributed by atoms with Crippen molar-refractivity contribution in [3.05, 3.63) is 0 Å². The first-order valence-electron chi connectivity index (χ1n) is 7.63. The molecule has 18 heavy (non-hydrogen) atoms. The van der Waals surface area contributed by atoms with Crippen LogP contribution in [0.15, 0.2) is 0 Å². The maximum absolute atomic E-state index is 9.44. The van der Waals surface area contributed by atoms with Crippen LogP contribution in [-0.2, 0) is 0 Å². The molecular formula is C15H27N3. The van der Waals surface area contributed by atoms with Crippen molar-refractivity contribution in [3.63, 3.8) is 0 Å². The van der Waals surface area contributed by atoms with Crippen LogP contribution in [0.4, 0.5) is 0 Å². The van der Waals surface area contributed by atoms with E-state index in [0.717, 1.165) is 6.42 Å². The first-order chi connectivity index (χ1) is 8.80. The van der Waals surface area contributed by atoms with Crippen LogP contribution < -0.4 is 5.32 Å². The van der Waals surface area contributed by atoms with Gasteiger partial charge in [-0.3, -0.25) is 0 Å². The summed E-state index contributed by atoms with van der Waals surface area (Å²) in [5.74, 6) is 0.552. The zero-order chi connectivity index (χ0) is 12.8. The minimum atomic E-state index is -0.230. The lowest BCUT2D eigenvalue weighted by molar-refractivity contribution is 0.232. The van der Waals surface area contributed by atoms with Crippen molar-refractivity contribution in [2.75, 3.05) is 26.7 Å². The lowest BCUT2D eigenvalue weighted by Crippen LogP contribution is -2.45. The highest BCUT2D eigenvalue weighted by atomic mass is 15.1. The molecule has 1 N–H and O–H groups in total. The summed E-state index contributed by atoms with van der Waals surface area (Å²) in [5, 5.41) is 12.7. The Labute approximate surface area is 112 Å². The van der Waals surface area contributed by atoms with Crippen molar-refractivity contribution in [2.45, 2.75) is 56.9 Å². The summed E-state index contributed by atoms with van der Waals surface area (Å²) in [5.41, 5.74) is -0.230. The van der Waals surface area contributed by atoms with Crippen LogP contribution in [0.3, 0.4) is 0 Å². The van der Waals surface area contributed by atoms with Gasteiger partial charge in [0.1, 0.15) is 5.54 Å². The molecule has 1 heterocycles. The second-order valence-electron chi connectivity index (χ2n) is 5.97. The Kier molecular flexibility index (Phi) is 5.03. The number of hydrogen-bond acceptors (Lipinski definition) is 3. The minimum Gasteiger partial charge on any atom is -0.303 e. The topological polar surface area (TPSA) is 39.1 Å². The molecule has 2 fully saturated rings. The molecule has 0 radical (unpaired) electrons. The maximum atomic E-state index is 9.44. The fourth-order valence-corrected chi connectivity index (χ4v) is 3.70. The summed E-state index contributed by atoms with van der Waals surface area (Å²) in [7, 11) is 1.95. The Hall–Kier alpha value is -0.590. The van der Waals surface area contributed by atoms with E-state index in [0.29, 0.717) is 5.92 Å². The minimum absolute atomic E-state index is 0.230. The summed E-state index contributed by atoms with van der Waals surface area (Å²) in [4.78, 5) is 2.61. The normalized spacial score (nSPS) is 34.1. The van der Waals surface area contributed by atoms with Crippen LogP contribution in [0.1, 0.15) is 51.4 Å². The summed E-state index contributed by atoms with van der Waals surface area (Å²) in [6.45, 7) is 3.73. The van der Waals surface area contributed by atoms with E-state index in [4.69, 9.17) is 0 Å². The monoisotopic (exact) mass is 249 g/mol. The third-order valence-electron chi connectivity index (χ3n) is 4.96. The molecular weight excluding hydrogens is 222 g/mol. The summed E-state index contributed by atoms with van der Waals surface area (Å²) < 4.78 is 0. The van der Waals surface area contributed by atoms with Crippen LogP contribution >= 0.6 is 0 Å². The predicted octanol–water partition coefficient (Wildman–Crippen LogP) is 2.53. The second-order valence-corrected chi connectivity index (χ2v) is 5.97. The van der Waals surface area contributed by atoms with E-state index in [2.05, 4.69) is 16.3 Å². The molecule has 2 aliphatic rings. The van der Waals surface area contributed by atoms with Gasteiger partial charge in [0.2, 0.25) is 0 Å². The summed E-state index contributed by atoms with van der Waals surface area (Å²) in [6.07, 6.45) is 10.2. The van der Waals surface area contributed by atoms with Crippen molar-refractivity contribution < 1.29 is 0 Å². The number of nitrogens with zero attached hydrogens (tertiary/aromatic N) is 2. The molecule has 102 valence electrons. The molecule has 2 unspecified atom stereocenters. The average molecular weight is 249 g/mol. The summed E-state index contributed by atoms with van der Waals surface area (Å²) >= 11 is 0. The van der Waals surface area contributed by atoms with Crippen LogP contribution in [0.2, 0.25) is 0 Å². The largest absolute Gasteiger partial charge is 0.303 e. The third kappa shape index (κ3) is 3.05. The fourth-order valence-electron chi connectivity index (χ4n) is 3.70. The highest BCUT2D eigenvalue weighted by molar-refractivity contribution is 5.13. The van der Waals surface area contributed by atoms with Gasteiger partial charge in [-0.25, -0.2) is 0 Å². The van der Waals surface area contributed by atoms with E-state index in [1.54, 1.807) is 0 Å². The van der Waals surface area contributed by atoms with Gasteiger partial charge in [-0.15, -0.1) is 0 Å². The lowest BCUT2D eigenvalue weighted by atomic mass is 9.86. The van der Waals surface area contributed by atoms with Crippen LogP contribution in [0.5, 0.6) is 0 Å². The number of nitrogens with one attached hydrogen (secondary N) is 1. The second kappa shape index (κ2) is 6.54. The predicted molar refractivity (Wildman–Crippen MR) is 74.3 cm³/mol. The smallest absolute Gasteiger partial charge is 0.109 e. The zero-order valence-electron chi connectivity index (χ0n) is 11.7. The van der Waals surface area contributed by atoms with Crippen molar-refractivity contribution in [1.29, 1.82) is 5.26 Å². The van der Waals surface area contributed by atoms with E-state index in [1.165, 1.54) is 64.6 Å². The average Bonchev–Trinajstić information content (AvgIpc) is 2.63. The van der Waals surface area contributed by atoms with Gasteiger partial charge in [0.05, 0.1) is 6.07 Å². The quantitative estimate of drug-likeness (QED) is 0.832. The molecule has 2 rings (SSSR count). The van der Waals surface area contributed by atoms with Crippen molar-refractivity contribution in [2.24, 2.45) is 5.92 Å². The molecule has 0 aromatic carbocycles. The molecule has 0 aromatic rings. The SMILES string of the molecule is CNC1(C#N)CCCC1CCN1CCCCCC1. The molecule has 1 saturated heterocycles. The Morgan fingerprint density at radius 2 is 1.94 bits per heavy atom. The fraction of sp³-hybridized carbons (Fsp3) is 0.933. The number of rotatable bonds is 4. The van der Waals surface area contributed by atoms with Gasteiger partial charge in [0, 0.05) is 0 Å². The van der Waals surface area contributed by atoms with Gasteiger partial charge in [-0.05, 0) is 64.7 Å². The van der Waals surface area contributed by atoms with E-state index in [-0.39, 0.29) is 5.54 Å². The van der Waals surface area contributed by atoms with Crippen LogP contribution in [0, 0.1) is 17.2 Å². The van der Waals surface area contributed by atoms with Crippen LogP contribution in [0.25, 0.3) is 0 Å². The van der Waals surface area contributed by atoms with Crippen LogP contribution in [-0.4, -0.2) is 37.1 Å². The van der Waals surface area contributed by atoms with Gasteiger partial charge >= 0.3 is 0 Å². The van der Waals surface area contributed by atoms with E-state index >= 15 is 0 Å². The van der Waals surface area contributed by atoms with Crippen molar-refractivity contribution >= 4 is 0 Å². The number of hydrogen-bond donors (Lipinski definition) is 1. The molecule has 0 aromatic heterocycles. The Morgan fingerprint density at radius 3 is 2.56 bits per heavy atom. The van der Waals surface area contributed by atoms with Gasteiger partial charge in [-0.1, -0.05) is 19.3 Å².